The molecule has 0 aliphatic heterocycles. The SMILES string of the molecule is COc1cc(C=Cc2noc(-c3ccccc3O)n2)cc(Br)c1O. The van der Waals surface area contributed by atoms with Gasteiger partial charge in [0.2, 0.25) is 0 Å². The van der Waals surface area contributed by atoms with Gasteiger partial charge in [0.25, 0.3) is 5.89 Å². The minimum atomic E-state index is 0.0380. The zero-order valence-electron chi connectivity index (χ0n) is 12.6. The largest absolute Gasteiger partial charge is 0.507 e. The number of rotatable bonds is 4. The molecule has 0 aliphatic carbocycles. The molecule has 2 aromatic carbocycles. The van der Waals surface area contributed by atoms with Crippen LogP contribution in [0.3, 0.4) is 0 Å². The highest BCUT2D eigenvalue weighted by molar-refractivity contribution is 9.10. The number of para-hydroxylation sites is 1. The van der Waals surface area contributed by atoms with E-state index in [4.69, 9.17) is 9.26 Å². The van der Waals surface area contributed by atoms with Crippen molar-refractivity contribution >= 4 is 28.1 Å². The average Bonchev–Trinajstić information content (AvgIpc) is 3.05. The van der Waals surface area contributed by atoms with E-state index in [9.17, 15) is 10.2 Å². The van der Waals surface area contributed by atoms with Crippen LogP contribution in [0, 0.1) is 0 Å². The number of aromatic nitrogens is 2. The van der Waals surface area contributed by atoms with Gasteiger partial charge in [-0.25, -0.2) is 0 Å². The first-order valence-electron chi connectivity index (χ1n) is 6.95. The molecule has 3 rings (SSSR count). The molecule has 0 aliphatic rings. The fraction of sp³-hybridized carbons (Fsp3) is 0.0588. The Bertz CT molecular complexity index is 905. The number of aromatic hydroxyl groups is 2. The van der Waals surface area contributed by atoms with E-state index in [2.05, 4.69) is 26.1 Å². The maximum atomic E-state index is 9.81. The van der Waals surface area contributed by atoms with Crippen LogP contribution in [-0.2, 0) is 0 Å². The van der Waals surface area contributed by atoms with Gasteiger partial charge in [0.05, 0.1) is 17.1 Å². The molecule has 0 saturated heterocycles. The second-order valence-electron chi connectivity index (χ2n) is 4.86. The minimum absolute atomic E-state index is 0.0380. The summed E-state index contributed by atoms with van der Waals surface area (Å²) in [6.07, 6.45) is 3.41. The van der Waals surface area contributed by atoms with Crippen molar-refractivity contribution in [1.82, 2.24) is 10.1 Å². The number of ether oxygens (including phenoxy) is 1. The van der Waals surface area contributed by atoms with Crippen molar-refractivity contribution in [1.29, 1.82) is 0 Å². The smallest absolute Gasteiger partial charge is 0.261 e. The highest BCUT2D eigenvalue weighted by Crippen LogP contribution is 2.35. The lowest BCUT2D eigenvalue weighted by molar-refractivity contribution is 0.372. The van der Waals surface area contributed by atoms with Crippen LogP contribution in [-0.4, -0.2) is 27.5 Å². The molecule has 6 nitrogen and oxygen atoms in total. The van der Waals surface area contributed by atoms with Gasteiger partial charge in [-0.15, -0.1) is 0 Å². The summed E-state index contributed by atoms with van der Waals surface area (Å²) in [4.78, 5) is 4.22. The lowest BCUT2D eigenvalue weighted by Gasteiger charge is -2.06. The van der Waals surface area contributed by atoms with Crippen molar-refractivity contribution in [3.8, 4) is 28.7 Å². The van der Waals surface area contributed by atoms with E-state index in [0.29, 0.717) is 21.6 Å². The number of nitrogens with zero attached hydrogens (tertiary/aromatic N) is 2. The lowest BCUT2D eigenvalue weighted by atomic mass is 10.2. The van der Waals surface area contributed by atoms with Crippen LogP contribution in [0.15, 0.2) is 45.4 Å². The molecule has 1 heterocycles. The predicted octanol–water partition coefficient (Wildman–Crippen LogP) is 4.09. The van der Waals surface area contributed by atoms with Gasteiger partial charge >= 0.3 is 0 Å². The Kier molecular flexibility index (Phi) is 4.52. The zero-order valence-corrected chi connectivity index (χ0v) is 14.2. The molecular formula is C17H13BrN2O4. The van der Waals surface area contributed by atoms with Gasteiger partial charge in [-0.2, -0.15) is 4.98 Å². The maximum absolute atomic E-state index is 9.81. The minimum Gasteiger partial charge on any atom is -0.507 e. The third-order valence-corrected chi connectivity index (χ3v) is 3.88. The summed E-state index contributed by atoms with van der Waals surface area (Å²) in [5.74, 6) is 1.06. The van der Waals surface area contributed by atoms with Crippen molar-refractivity contribution in [2.75, 3.05) is 7.11 Å². The number of hydrogen-bond donors (Lipinski definition) is 2. The second kappa shape index (κ2) is 6.76. The van der Waals surface area contributed by atoms with E-state index in [1.807, 2.05) is 0 Å². The van der Waals surface area contributed by atoms with E-state index in [-0.39, 0.29) is 17.4 Å². The molecule has 0 fully saturated rings. The molecule has 0 atom stereocenters. The van der Waals surface area contributed by atoms with Crippen molar-refractivity contribution in [3.05, 3.63) is 52.3 Å². The first-order valence-corrected chi connectivity index (χ1v) is 7.74. The Balaban J connectivity index is 1.86. The maximum Gasteiger partial charge on any atom is 0.261 e. The Morgan fingerprint density at radius 3 is 2.71 bits per heavy atom. The van der Waals surface area contributed by atoms with Gasteiger partial charge < -0.3 is 19.5 Å². The molecular weight excluding hydrogens is 376 g/mol. The van der Waals surface area contributed by atoms with Crippen LogP contribution >= 0.6 is 15.9 Å². The van der Waals surface area contributed by atoms with E-state index >= 15 is 0 Å². The molecule has 0 saturated carbocycles. The number of hydrogen-bond acceptors (Lipinski definition) is 6. The van der Waals surface area contributed by atoms with Gasteiger partial charge in [-0.1, -0.05) is 23.4 Å². The summed E-state index contributed by atoms with van der Waals surface area (Å²) in [5, 5.41) is 23.5. The van der Waals surface area contributed by atoms with Crippen LogP contribution in [0.4, 0.5) is 0 Å². The summed E-state index contributed by atoms with van der Waals surface area (Å²) in [7, 11) is 1.48. The van der Waals surface area contributed by atoms with Crippen LogP contribution in [0.5, 0.6) is 17.2 Å². The molecule has 2 N–H and O–H groups in total. The van der Waals surface area contributed by atoms with Crippen LogP contribution in [0.1, 0.15) is 11.4 Å². The van der Waals surface area contributed by atoms with Crippen LogP contribution in [0.2, 0.25) is 0 Å². The summed E-state index contributed by atoms with van der Waals surface area (Å²) in [6.45, 7) is 0. The number of methoxy groups -OCH3 is 1. The number of phenols is 2. The molecule has 3 aromatic rings. The monoisotopic (exact) mass is 388 g/mol. The highest BCUT2D eigenvalue weighted by Gasteiger charge is 2.11. The van der Waals surface area contributed by atoms with E-state index < -0.39 is 0 Å². The molecule has 0 radical (unpaired) electrons. The van der Waals surface area contributed by atoms with Crippen LogP contribution in [0.25, 0.3) is 23.6 Å². The van der Waals surface area contributed by atoms with Crippen LogP contribution < -0.4 is 4.74 Å². The fourth-order valence-corrected chi connectivity index (χ4v) is 2.54. The molecule has 7 heteroatoms. The van der Waals surface area contributed by atoms with Crippen molar-refractivity contribution in [2.24, 2.45) is 0 Å². The summed E-state index contributed by atoms with van der Waals surface area (Å²) in [5.41, 5.74) is 1.25. The molecule has 0 spiro atoms. The Labute approximate surface area is 146 Å². The summed E-state index contributed by atoms with van der Waals surface area (Å²) < 4.78 is 10.8. The van der Waals surface area contributed by atoms with Crippen molar-refractivity contribution < 1.29 is 19.5 Å². The summed E-state index contributed by atoms with van der Waals surface area (Å²) in [6, 6.07) is 10.1. The van der Waals surface area contributed by atoms with E-state index in [0.717, 1.165) is 5.56 Å². The topological polar surface area (TPSA) is 88.6 Å². The van der Waals surface area contributed by atoms with E-state index in [1.54, 1.807) is 48.6 Å². The fourth-order valence-electron chi connectivity index (χ4n) is 2.08. The third-order valence-electron chi connectivity index (χ3n) is 3.27. The highest BCUT2D eigenvalue weighted by atomic mass is 79.9. The first-order chi connectivity index (χ1) is 11.6. The average molecular weight is 389 g/mol. The Morgan fingerprint density at radius 2 is 1.96 bits per heavy atom. The third kappa shape index (κ3) is 3.26. The quantitative estimate of drug-likeness (QED) is 0.699. The van der Waals surface area contributed by atoms with Crippen molar-refractivity contribution in [2.45, 2.75) is 0 Å². The predicted molar refractivity (Wildman–Crippen MR) is 92.7 cm³/mol. The number of benzene rings is 2. The van der Waals surface area contributed by atoms with Gasteiger partial charge in [-0.05, 0) is 51.8 Å². The van der Waals surface area contributed by atoms with Gasteiger partial charge in [-0.3, -0.25) is 0 Å². The normalized spacial score (nSPS) is 11.1. The number of halogens is 1. The zero-order chi connectivity index (χ0) is 17.1. The Hall–Kier alpha value is -2.80. The van der Waals surface area contributed by atoms with Gasteiger partial charge in [0, 0.05) is 0 Å². The molecule has 24 heavy (non-hydrogen) atoms. The molecule has 0 amide bonds. The standard InChI is InChI=1S/C17H13BrN2O4/c1-23-14-9-10(8-12(18)16(14)22)6-7-15-19-17(24-20-15)11-4-2-3-5-13(11)21/h2-9,21-22H,1H3. The molecule has 0 bridgehead atoms. The summed E-state index contributed by atoms with van der Waals surface area (Å²) >= 11 is 3.27. The molecule has 1 aromatic heterocycles. The second-order valence-corrected chi connectivity index (χ2v) is 5.72. The van der Waals surface area contributed by atoms with E-state index in [1.165, 1.54) is 7.11 Å². The first kappa shape index (κ1) is 16.1. The Morgan fingerprint density at radius 1 is 1.17 bits per heavy atom. The lowest BCUT2D eigenvalue weighted by Crippen LogP contribution is -1.86. The van der Waals surface area contributed by atoms with Crippen molar-refractivity contribution in [3.63, 3.8) is 0 Å². The molecule has 122 valence electrons. The van der Waals surface area contributed by atoms with Gasteiger partial charge in [0.15, 0.2) is 17.3 Å². The molecule has 0 unspecified atom stereocenters. The number of phenolic OH excluding ortho intramolecular Hbond substituents is 2. The van der Waals surface area contributed by atoms with Gasteiger partial charge in [0.1, 0.15) is 5.75 Å².